The second-order valence-electron chi connectivity index (χ2n) is 3.90. The molecule has 0 aromatic heterocycles. The van der Waals surface area contributed by atoms with E-state index in [-0.39, 0.29) is 6.04 Å². The Morgan fingerprint density at radius 3 is 2.64 bits per heavy atom. The molecule has 2 heterocycles. The van der Waals surface area contributed by atoms with Crippen molar-refractivity contribution in [2.24, 2.45) is 0 Å². The molecule has 2 aliphatic rings. The molecule has 0 aromatic rings. The molecule has 1 atom stereocenters. The maximum Gasteiger partial charge on any atom is 0.240 e. The number of hydrogen-bond acceptors (Lipinski definition) is 4. The first-order valence-corrected chi connectivity index (χ1v) is 6.21. The summed E-state index contributed by atoms with van der Waals surface area (Å²) in [5, 5.41) is 3.22. The molecule has 80 valence electrons. The number of carbonyl (C=O) groups is 1. The fourth-order valence-electron chi connectivity index (χ4n) is 1.80. The molecule has 2 saturated heterocycles. The van der Waals surface area contributed by atoms with Gasteiger partial charge >= 0.3 is 0 Å². The molecule has 0 aliphatic carbocycles. The van der Waals surface area contributed by atoms with Crippen LogP contribution in [0.2, 0.25) is 0 Å². The van der Waals surface area contributed by atoms with Gasteiger partial charge < -0.3 is 9.80 Å². The van der Waals surface area contributed by atoms with Crippen molar-refractivity contribution in [3.8, 4) is 0 Å². The molecule has 0 aromatic carbocycles. The van der Waals surface area contributed by atoms with Crippen molar-refractivity contribution >= 4 is 17.7 Å². The average molecular weight is 215 g/mol. The Morgan fingerprint density at radius 2 is 2.07 bits per heavy atom. The topological polar surface area (TPSA) is 35.6 Å². The number of likely N-dealkylation sites (N-methyl/N-ethyl adjacent to an activating group) is 1. The molecular weight excluding hydrogens is 198 g/mol. The van der Waals surface area contributed by atoms with E-state index in [1.54, 1.807) is 11.8 Å². The van der Waals surface area contributed by atoms with Crippen LogP contribution in [0.4, 0.5) is 0 Å². The lowest BCUT2D eigenvalue weighted by Gasteiger charge is -2.33. The van der Waals surface area contributed by atoms with Gasteiger partial charge in [-0.3, -0.25) is 10.1 Å². The SMILES string of the molecule is CN1CCN(C(=O)[C@H]2CSCN2)CC1. The monoisotopic (exact) mass is 215 g/mol. The lowest BCUT2D eigenvalue weighted by molar-refractivity contribution is -0.134. The van der Waals surface area contributed by atoms with Crippen molar-refractivity contribution in [3.05, 3.63) is 0 Å². The zero-order chi connectivity index (χ0) is 9.97. The van der Waals surface area contributed by atoms with Gasteiger partial charge in [-0.25, -0.2) is 0 Å². The van der Waals surface area contributed by atoms with Crippen LogP contribution in [-0.2, 0) is 4.79 Å². The molecule has 0 spiro atoms. The quantitative estimate of drug-likeness (QED) is 0.635. The summed E-state index contributed by atoms with van der Waals surface area (Å²) < 4.78 is 0. The number of amides is 1. The smallest absolute Gasteiger partial charge is 0.240 e. The maximum atomic E-state index is 11.9. The minimum atomic E-state index is 0.0726. The Balaban J connectivity index is 1.85. The molecule has 1 amide bonds. The lowest BCUT2D eigenvalue weighted by Crippen LogP contribution is -2.52. The Kier molecular flexibility index (Phi) is 3.30. The molecule has 2 rings (SSSR count). The molecule has 0 saturated carbocycles. The van der Waals surface area contributed by atoms with Gasteiger partial charge in [0.25, 0.3) is 0 Å². The third-order valence-corrected chi connectivity index (χ3v) is 3.77. The van der Waals surface area contributed by atoms with Crippen LogP contribution in [0.1, 0.15) is 0 Å². The first kappa shape index (κ1) is 10.3. The summed E-state index contributed by atoms with van der Waals surface area (Å²) in [5.41, 5.74) is 0. The van der Waals surface area contributed by atoms with Gasteiger partial charge in [-0.2, -0.15) is 0 Å². The number of nitrogens with one attached hydrogen (secondary N) is 1. The number of carbonyl (C=O) groups excluding carboxylic acids is 1. The van der Waals surface area contributed by atoms with Crippen molar-refractivity contribution in [3.63, 3.8) is 0 Å². The van der Waals surface area contributed by atoms with Crippen LogP contribution in [0.3, 0.4) is 0 Å². The molecule has 14 heavy (non-hydrogen) atoms. The first-order valence-electron chi connectivity index (χ1n) is 5.06. The van der Waals surface area contributed by atoms with Crippen molar-refractivity contribution in [1.82, 2.24) is 15.1 Å². The number of piperazine rings is 1. The molecular formula is C9H17N3OS. The summed E-state index contributed by atoms with van der Waals surface area (Å²) in [4.78, 5) is 16.2. The van der Waals surface area contributed by atoms with E-state index in [9.17, 15) is 4.79 Å². The second kappa shape index (κ2) is 4.51. The van der Waals surface area contributed by atoms with Gasteiger partial charge in [0.1, 0.15) is 0 Å². The van der Waals surface area contributed by atoms with Gasteiger partial charge in [0.05, 0.1) is 6.04 Å². The molecule has 0 radical (unpaired) electrons. The summed E-state index contributed by atoms with van der Waals surface area (Å²) in [5.74, 6) is 2.15. The van der Waals surface area contributed by atoms with Gasteiger partial charge in [0, 0.05) is 37.8 Å². The van der Waals surface area contributed by atoms with E-state index < -0.39 is 0 Å². The molecule has 5 heteroatoms. The fourth-order valence-corrected chi connectivity index (χ4v) is 2.73. The van der Waals surface area contributed by atoms with Crippen molar-refractivity contribution < 1.29 is 4.79 Å². The normalized spacial score (nSPS) is 29.5. The summed E-state index contributed by atoms with van der Waals surface area (Å²) in [6.45, 7) is 3.79. The van der Waals surface area contributed by atoms with E-state index in [4.69, 9.17) is 0 Å². The van der Waals surface area contributed by atoms with Gasteiger partial charge in [0.2, 0.25) is 5.91 Å². The predicted molar refractivity (Wildman–Crippen MR) is 58.3 cm³/mol. The largest absolute Gasteiger partial charge is 0.339 e. The Bertz CT molecular complexity index is 210. The number of thioether (sulfide) groups is 1. The zero-order valence-electron chi connectivity index (χ0n) is 8.53. The van der Waals surface area contributed by atoms with E-state index in [0.717, 1.165) is 37.8 Å². The highest BCUT2D eigenvalue weighted by Crippen LogP contribution is 2.12. The van der Waals surface area contributed by atoms with Crippen molar-refractivity contribution in [2.75, 3.05) is 44.9 Å². The van der Waals surface area contributed by atoms with Crippen LogP contribution >= 0.6 is 11.8 Å². The molecule has 2 aliphatic heterocycles. The van der Waals surface area contributed by atoms with Gasteiger partial charge in [0.15, 0.2) is 0 Å². The van der Waals surface area contributed by atoms with Crippen LogP contribution in [0.25, 0.3) is 0 Å². The fraction of sp³-hybridized carbons (Fsp3) is 0.889. The third kappa shape index (κ3) is 2.21. The minimum Gasteiger partial charge on any atom is -0.339 e. The second-order valence-corrected chi connectivity index (χ2v) is 4.93. The Hall–Kier alpha value is -0.260. The van der Waals surface area contributed by atoms with Crippen molar-refractivity contribution in [2.45, 2.75) is 6.04 Å². The summed E-state index contributed by atoms with van der Waals surface area (Å²) in [7, 11) is 2.10. The summed E-state index contributed by atoms with van der Waals surface area (Å²) >= 11 is 1.81. The molecule has 1 N–H and O–H groups in total. The minimum absolute atomic E-state index is 0.0726. The highest BCUT2D eigenvalue weighted by molar-refractivity contribution is 7.99. The van der Waals surface area contributed by atoms with Gasteiger partial charge in [-0.15, -0.1) is 11.8 Å². The first-order chi connectivity index (χ1) is 6.77. The molecule has 0 unspecified atom stereocenters. The Labute approximate surface area is 89.0 Å². The van der Waals surface area contributed by atoms with E-state index in [1.165, 1.54) is 0 Å². The summed E-state index contributed by atoms with van der Waals surface area (Å²) in [6.07, 6.45) is 0. The van der Waals surface area contributed by atoms with Crippen LogP contribution in [0.5, 0.6) is 0 Å². The van der Waals surface area contributed by atoms with Crippen LogP contribution in [-0.4, -0.2) is 66.6 Å². The summed E-state index contributed by atoms with van der Waals surface area (Å²) in [6, 6.07) is 0.0726. The number of rotatable bonds is 1. The highest BCUT2D eigenvalue weighted by atomic mass is 32.2. The van der Waals surface area contributed by atoms with E-state index in [0.29, 0.717) is 5.91 Å². The van der Waals surface area contributed by atoms with E-state index in [1.807, 2.05) is 4.90 Å². The van der Waals surface area contributed by atoms with E-state index in [2.05, 4.69) is 17.3 Å². The molecule has 0 bridgehead atoms. The van der Waals surface area contributed by atoms with Crippen molar-refractivity contribution in [1.29, 1.82) is 0 Å². The standard InChI is InChI=1S/C9H17N3OS/c1-11-2-4-12(5-3-11)9(13)8-6-14-7-10-8/h8,10H,2-7H2,1H3/t8-/m1/s1. The number of nitrogens with zero attached hydrogens (tertiary/aromatic N) is 2. The molecule has 2 fully saturated rings. The van der Waals surface area contributed by atoms with Crippen LogP contribution < -0.4 is 5.32 Å². The average Bonchev–Trinajstić information content (AvgIpc) is 2.71. The lowest BCUT2D eigenvalue weighted by atomic mass is 10.2. The van der Waals surface area contributed by atoms with Crippen LogP contribution in [0, 0.1) is 0 Å². The third-order valence-electron chi connectivity index (χ3n) is 2.83. The zero-order valence-corrected chi connectivity index (χ0v) is 9.35. The maximum absolute atomic E-state index is 11.9. The van der Waals surface area contributed by atoms with Crippen LogP contribution in [0.15, 0.2) is 0 Å². The molecule has 4 nitrogen and oxygen atoms in total. The number of hydrogen-bond donors (Lipinski definition) is 1. The van der Waals surface area contributed by atoms with Gasteiger partial charge in [-0.1, -0.05) is 0 Å². The Morgan fingerprint density at radius 1 is 1.36 bits per heavy atom. The highest BCUT2D eigenvalue weighted by Gasteiger charge is 2.28. The van der Waals surface area contributed by atoms with E-state index >= 15 is 0 Å². The van der Waals surface area contributed by atoms with Gasteiger partial charge in [-0.05, 0) is 7.05 Å². The predicted octanol–water partition coefficient (Wildman–Crippen LogP) is -0.577.